The molecule has 0 radical (unpaired) electrons. The van der Waals surface area contributed by atoms with Crippen molar-refractivity contribution in [3.63, 3.8) is 0 Å². The minimum Gasteiger partial charge on any atom is -0.394 e. The van der Waals surface area contributed by atoms with Crippen molar-refractivity contribution in [2.45, 2.75) is 200 Å². The van der Waals surface area contributed by atoms with E-state index in [1.807, 2.05) is 18.2 Å². The molecule has 0 spiro atoms. The van der Waals surface area contributed by atoms with Crippen molar-refractivity contribution in [3.8, 4) is 0 Å². The number of unbranched alkanes of at least 4 members (excludes halogenated alkanes) is 26. The smallest absolute Gasteiger partial charge is 0.0718 e. The van der Waals surface area contributed by atoms with E-state index >= 15 is 0 Å². The highest BCUT2D eigenvalue weighted by Gasteiger charge is 2.32. The molecule has 0 heterocycles. The zero-order chi connectivity index (χ0) is 43.0. The molecule has 60 heavy (non-hydrogen) atoms. The highest BCUT2D eigenvalue weighted by Crippen LogP contribution is 2.22. The second kappa shape index (κ2) is 47.4. The zero-order valence-corrected chi connectivity index (χ0v) is 39.6. The maximum absolute atomic E-state index is 9.48. The van der Waals surface area contributed by atoms with E-state index in [2.05, 4.69) is 26.0 Å². The van der Waals surface area contributed by atoms with Crippen LogP contribution in [0.2, 0.25) is 0 Å². The average Bonchev–Trinajstić information content (AvgIpc) is 3.26. The largest absolute Gasteiger partial charge is 0.394 e. The summed E-state index contributed by atoms with van der Waals surface area (Å²) in [6.45, 7) is 11.9. The van der Waals surface area contributed by atoms with E-state index in [0.717, 1.165) is 31.6 Å². The van der Waals surface area contributed by atoms with Crippen LogP contribution in [0, 0.1) is 5.41 Å². The summed E-state index contributed by atoms with van der Waals surface area (Å²) >= 11 is 0. The van der Waals surface area contributed by atoms with Crippen LogP contribution in [0.15, 0.2) is 30.3 Å². The van der Waals surface area contributed by atoms with E-state index in [0.29, 0.717) is 79.3 Å². The summed E-state index contributed by atoms with van der Waals surface area (Å²) in [5.41, 5.74) is 0.724. The molecule has 0 unspecified atom stereocenters. The lowest BCUT2D eigenvalue weighted by Crippen LogP contribution is -2.42. The van der Waals surface area contributed by atoms with E-state index < -0.39 is 5.41 Å². The molecule has 1 aromatic carbocycles. The Morgan fingerprint density at radius 1 is 0.333 bits per heavy atom. The Morgan fingerprint density at radius 3 is 1.00 bits per heavy atom. The number of ether oxygens (including phenoxy) is 7. The molecule has 0 aliphatic carbocycles. The van der Waals surface area contributed by atoms with Gasteiger partial charge in [-0.2, -0.15) is 0 Å². The molecule has 0 aromatic heterocycles. The molecule has 0 atom stereocenters. The second-order valence-corrected chi connectivity index (χ2v) is 17.4. The topological polar surface area (TPSA) is 84.8 Å². The number of aliphatic hydroxyl groups is 1. The number of rotatable bonds is 51. The van der Waals surface area contributed by atoms with E-state index in [-0.39, 0.29) is 6.61 Å². The summed E-state index contributed by atoms with van der Waals surface area (Å²) in [6.07, 6.45) is 37.7. The van der Waals surface area contributed by atoms with Gasteiger partial charge >= 0.3 is 0 Å². The Morgan fingerprint density at radius 2 is 0.633 bits per heavy atom. The molecule has 0 fully saturated rings. The number of benzene rings is 1. The Bertz CT molecular complexity index is 898. The first kappa shape index (κ1) is 56.9. The van der Waals surface area contributed by atoms with Crippen molar-refractivity contribution < 1.29 is 38.3 Å². The van der Waals surface area contributed by atoms with Gasteiger partial charge < -0.3 is 38.3 Å². The summed E-state index contributed by atoms with van der Waals surface area (Å²) in [7, 11) is 0. The van der Waals surface area contributed by atoms with Gasteiger partial charge in [0.2, 0.25) is 0 Å². The fourth-order valence-corrected chi connectivity index (χ4v) is 7.59. The van der Waals surface area contributed by atoms with E-state index in [9.17, 15) is 5.11 Å². The van der Waals surface area contributed by atoms with E-state index in [1.165, 1.54) is 167 Å². The average molecular weight is 851 g/mol. The van der Waals surface area contributed by atoms with E-state index in [1.54, 1.807) is 0 Å². The highest BCUT2D eigenvalue weighted by molar-refractivity contribution is 5.13. The third-order valence-electron chi connectivity index (χ3n) is 11.4. The van der Waals surface area contributed by atoms with Crippen LogP contribution in [0.4, 0.5) is 0 Å². The number of hydrogen-bond acceptors (Lipinski definition) is 8. The van der Waals surface area contributed by atoms with Crippen LogP contribution >= 0.6 is 0 Å². The third kappa shape index (κ3) is 39.7. The molecule has 354 valence electrons. The molecule has 8 nitrogen and oxygen atoms in total. The summed E-state index contributed by atoms with van der Waals surface area (Å²) in [5, 5.41) is 9.48. The summed E-state index contributed by atoms with van der Waals surface area (Å²) < 4.78 is 41.9. The monoisotopic (exact) mass is 851 g/mol. The quantitative estimate of drug-likeness (QED) is 0.0649. The minimum absolute atomic E-state index is 0.00813. The first-order chi connectivity index (χ1) is 29.8. The van der Waals surface area contributed by atoms with Gasteiger partial charge in [0.05, 0.1) is 91.3 Å². The molecule has 1 rings (SSSR count). The number of aliphatic hydroxyl groups excluding tert-OH is 1. The Kier molecular flexibility index (Phi) is 44.9. The molecule has 0 bridgehead atoms. The molecule has 0 amide bonds. The molecule has 0 saturated heterocycles. The van der Waals surface area contributed by atoms with Crippen molar-refractivity contribution in [2.24, 2.45) is 5.41 Å². The fraction of sp³-hybridized carbons (Fsp3) is 0.885. The molecule has 0 aliphatic heterocycles. The third-order valence-corrected chi connectivity index (χ3v) is 11.4. The summed E-state index contributed by atoms with van der Waals surface area (Å²) in [5.74, 6) is 0. The van der Waals surface area contributed by atoms with Gasteiger partial charge in [-0.15, -0.1) is 0 Å². The maximum atomic E-state index is 9.48. The van der Waals surface area contributed by atoms with Crippen LogP contribution in [-0.2, 0) is 39.8 Å². The van der Waals surface area contributed by atoms with Gasteiger partial charge in [0.25, 0.3) is 0 Å². The van der Waals surface area contributed by atoms with Crippen LogP contribution in [0.5, 0.6) is 0 Å². The lowest BCUT2D eigenvalue weighted by molar-refractivity contribution is -0.114. The highest BCUT2D eigenvalue weighted by atomic mass is 16.6. The molecule has 1 N–H and O–H groups in total. The normalized spacial score (nSPS) is 11.9. The van der Waals surface area contributed by atoms with Crippen LogP contribution in [-0.4, -0.2) is 97.6 Å². The molecule has 1 aromatic rings. The lowest BCUT2D eigenvalue weighted by atomic mass is 9.92. The van der Waals surface area contributed by atoms with Crippen molar-refractivity contribution >= 4 is 0 Å². The second-order valence-electron chi connectivity index (χ2n) is 17.4. The maximum Gasteiger partial charge on any atom is 0.0718 e. The lowest BCUT2D eigenvalue weighted by Gasteiger charge is -2.33. The molecule has 0 aliphatic rings. The SMILES string of the molecule is CCCCCCCCCCCCCCCCOCC(COCCO)(COCCCCCCCCCCCCCCCC)COCCOCCOCCOCc1ccccc1. The molecular weight excluding hydrogens is 753 g/mol. The first-order valence-corrected chi connectivity index (χ1v) is 25.5. The Labute approximate surface area is 371 Å². The van der Waals surface area contributed by atoms with Crippen molar-refractivity contribution in [3.05, 3.63) is 35.9 Å². The van der Waals surface area contributed by atoms with Gasteiger partial charge in [0, 0.05) is 13.2 Å². The first-order valence-electron chi connectivity index (χ1n) is 25.5. The zero-order valence-electron chi connectivity index (χ0n) is 39.6. The van der Waals surface area contributed by atoms with Gasteiger partial charge in [-0.3, -0.25) is 0 Å². The van der Waals surface area contributed by atoms with Gasteiger partial charge in [-0.1, -0.05) is 211 Å². The van der Waals surface area contributed by atoms with Crippen LogP contribution in [0.3, 0.4) is 0 Å². The number of hydrogen-bond donors (Lipinski definition) is 1. The summed E-state index contributed by atoms with van der Waals surface area (Å²) in [6, 6.07) is 10.2. The van der Waals surface area contributed by atoms with Gasteiger partial charge in [-0.05, 0) is 18.4 Å². The molecule has 8 heteroatoms. The van der Waals surface area contributed by atoms with E-state index in [4.69, 9.17) is 33.2 Å². The van der Waals surface area contributed by atoms with Crippen molar-refractivity contribution in [2.75, 3.05) is 92.5 Å². The standard InChI is InChI=1S/C52H98O8/c1-3-5-7-9-11-13-15-17-19-21-23-25-27-32-37-57-47-52(49-59-39-36-53,48-58-38-33-28-26-24-22-20-18-16-14-12-10-8-6-4-2)50-60-45-43-55-41-40-54-42-44-56-46-51-34-30-29-31-35-51/h29-31,34-35,53H,3-28,32-33,36-50H2,1-2H3. The predicted molar refractivity (Wildman–Crippen MR) is 251 cm³/mol. The van der Waals surface area contributed by atoms with Crippen molar-refractivity contribution in [1.82, 2.24) is 0 Å². The predicted octanol–water partition coefficient (Wildman–Crippen LogP) is 13.2. The molecule has 0 saturated carbocycles. The van der Waals surface area contributed by atoms with Gasteiger partial charge in [-0.25, -0.2) is 0 Å². The van der Waals surface area contributed by atoms with Gasteiger partial charge in [0.1, 0.15) is 0 Å². The minimum atomic E-state index is -0.440. The fourth-order valence-electron chi connectivity index (χ4n) is 7.59. The Hall–Kier alpha value is -1.10. The van der Waals surface area contributed by atoms with Crippen LogP contribution in [0.1, 0.15) is 199 Å². The van der Waals surface area contributed by atoms with Crippen LogP contribution in [0.25, 0.3) is 0 Å². The summed E-state index contributed by atoms with van der Waals surface area (Å²) in [4.78, 5) is 0. The van der Waals surface area contributed by atoms with Crippen molar-refractivity contribution in [1.29, 1.82) is 0 Å². The Balaban J connectivity index is 2.35. The van der Waals surface area contributed by atoms with Crippen LogP contribution < -0.4 is 0 Å². The van der Waals surface area contributed by atoms with Gasteiger partial charge in [0.15, 0.2) is 0 Å². The molecular formula is C52H98O8.